The van der Waals surface area contributed by atoms with Crippen molar-refractivity contribution in [3.05, 3.63) is 59.7 Å². The van der Waals surface area contributed by atoms with Gasteiger partial charge in [-0.25, -0.2) is 8.42 Å². The molecule has 1 aliphatic rings. The summed E-state index contributed by atoms with van der Waals surface area (Å²) in [5, 5.41) is 2.97. The van der Waals surface area contributed by atoms with E-state index in [-0.39, 0.29) is 22.6 Å². The van der Waals surface area contributed by atoms with Crippen LogP contribution in [0.4, 0.5) is 5.69 Å². The maximum Gasteiger partial charge on any atom is 0.262 e. The standard InChI is InChI=1S/C24H31N3O4S/c1-3-4-14-25-23(28)19-12-15-27(16-13-19)24(29)20-9-7-10-21(17-20)26-32(30,31)22-11-6-5-8-18(22)2/h5-11,17,19,26H,3-4,12-16H2,1-2H3,(H,25,28). The molecule has 2 aromatic rings. The molecule has 172 valence electrons. The Morgan fingerprint density at radius 3 is 2.47 bits per heavy atom. The van der Waals surface area contributed by atoms with E-state index in [9.17, 15) is 18.0 Å². The summed E-state index contributed by atoms with van der Waals surface area (Å²) >= 11 is 0. The highest BCUT2D eigenvalue weighted by Gasteiger charge is 2.28. The Labute approximate surface area is 190 Å². The van der Waals surface area contributed by atoms with Gasteiger partial charge in [0.15, 0.2) is 0 Å². The van der Waals surface area contributed by atoms with Crippen LogP contribution in [-0.2, 0) is 14.8 Å². The molecule has 0 aliphatic carbocycles. The zero-order chi connectivity index (χ0) is 23.1. The maximum absolute atomic E-state index is 13.0. The Hall–Kier alpha value is -2.87. The molecule has 8 heteroatoms. The van der Waals surface area contributed by atoms with Gasteiger partial charge in [0.2, 0.25) is 5.91 Å². The molecule has 0 aromatic heterocycles. The Morgan fingerprint density at radius 1 is 1.06 bits per heavy atom. The first-order chi connectivity index (χ1) is 15.3. The van der Waals surface area contributed by atoms with Gasteiger partial charge >= 0.3 is 0 Å². The van der Waals surface area contributed by atoms with Crippen molar-refractivity contribution in [1.82, 2.24) is 10.2 Å². The van der Waals surface area contributed by atoms with Gasteiger partial charge in [0.05, 0.1) is 4.90 Å². The number of likely N-dealkylation sites (tertiary alicyclic amines) is 1. The number of anilines is 1. The summed E-state index contributed by atoms with van der Waals surface area (Å²) < 4.78 is 28.1. The molecular formula is C24H31N3O4S. The van der Waals surface area contributed by atoms with Crippen molar-refractivity contribution in [3.8, 4) is 0 Å². The summed E-state index contributed by atoms with van der Waals surface area (Å²) in [5.74, 6) is -0.159. The minimum atomic E-state index is -3.76. The largest absolute Gasteiger partial charge is 0.356 e. The number of carbonyl (C=O) groups excluding carboxylic acids is 2. The Balaban J connectivity index is 1.63. The minimum Gasteiger partial charge on any atom is -0.356 e. The number of amides is 2. The average Bonchev–Trinajstić information content (AvgIpc) is 2.79. The van der Waals surface area contributed by atoms with Gasteiger partial charge in [-0.15, -0.1) is 0 Å². The van der Waals surface area contributed by atoms with Crippen LogP contribution in [-0.4, -0.2) is 44.8 Å². The van der Waals surface area contributed by atoms with Gasteiger partial charge in [-0.05, 0) is 56.0 Å². The SMILES string of the molecule is CCCCNC(=O)C1CCN(C(=O)c2cccc(NS(=O)(=O)c3ccccc3C)c2)CC1. The van der Waals surface area contributed by atoms with Gasteiger partial charge < -0.3 is 10.2 Å². The van der Waals surface area contributed by atoms with Crippen molar-refractivity contribution in [1.29, 1.82) is 0 Å². The van der Waals surface area contributed by atoms with E-state index < -0.39 is 10.0 Å². The van der Waals surface area contributed by atoms with Crippen LogP contribution in [0.15, 0.2) is 53.4 Å². The smallest absolute Gasteiger partial charge is 0.262 e. The highest BCUT2D eigenvalue weighted by molar-refractivity contribution is 7.92. The number of aryl methyl sites for hydroxylation is 1. The van der Waals surface area contributed by atoms with Gasteiger partial charge in [-0.1, -0.05) is 37.6 Å². The van der Waals surface area contributed by atoms with Gasteiger partial charge in [0.1, 0.15) is 0 Å². The van der Waals surface area contributed by atoms with E-state index in [0.717, 1.165) is 12.8 Å². The molecule has 0 radical (unpaired) electrons. The summed E-state index contributed by atoms with van der Waals surface area (Å²) in [6, 6.07) is 13.3. The third kappa shape index (κ3) is 5.88. The Kier molecular flexibility index (Phi) is 7.90. The maximum atomic E-state index is 13.0. The molecule has 7 nitrogen and oxygen atoms in total. The van der Waals surface area contributed by atoms with Gasteiger partial charge in [0, 0.05) is 36.8 Å². The number of rotatable bonds is 8. The van der Waals surface area contributed by atoms with Crippen molar-refractivity contribution in [3.63, 3.8) is 0 Å². The van der Waals surface area contributed by atoms with Gasteiger partial charge in [0.25, 0.3) is 15.9 Å². The lowest BCUT2D eigenvalue weighted by Gasteiger charge is -2.31. The average molecular weight is 458 g/mol. The third-order valence-corrected chi connectivity index (χ3v) is 7.27. The van der Waals surface area contributed by atoms with E-state index in [0.29, 0.717) is 49.3 Å². The number of sulfonamides is 1. The molecule has 2 amide bonds. The van der Waals surface area contributed by atoms with Crippen LogP contribution in [0.25, 0.3) is 0 Å². The number of nitrogens with zero attached hydrogens (tertiary/aromatic N) is 1. The van der Waals surface area contributed by atoms with Crippen LogP contribution in [0.1, 0.15) is 48.5 Å². The highest BCUT2D eigenvalue weighted by Crippen LogP contribution is 2.23. The van der Waals surface area contributed by atoms with Crippen LogP contribution >= 0.6 is 0 Å². The lowest BCUT2D eigenvalue weighted by atomic mass is 9.95. The number of benzene rings is 2. The van der Waals surface area contributed by atoms with E-state index in [2.05, 4.69) is 17.0 Å². The predicted molar refractivity (Wildman–Crippen MR) is 125 cm³/mol. The van der Waals surface area contributed by atoms with Crippen LogP contribution < -0.4 is 10.0 Å². The molecule has 2 N–H and O–H groups in total. The molecule has 32 heavy (non-hydrogen) atoms. The first-order valence-corrected chi connectivity index (χ1v) is 12.6. The van der Waals surface area contributed by atoms with E-state index >= 15 is 0 Å². The summed E-state index contributed by atoms with van der Waals surface area (Å²) in [5.41, 5.74) is 1.40. The van der Waals surface area contributed by atoms with E-state index in [1.165, 1.54) is 0 Å². The second kappa shape index (κ2) is 10.6. The summed E-state index contributed by atoms with van der Waals surface area (Å²) in [6.07, 6.45) is 3.26. The predicted octanol–water partition coefficient (Wildman–Crippen LogP) is 3.56. The zero-order valence-corrected chi connectivity index (χ0v) is 19.5. The number of piperidine rings is 1. The van der Waals surface area contributed by atoms with Crippen molar-refractivity contribution in [2.24, 2.45) is 5.92 Å². The fourth-order valence-corrected chi connectivity index (χ4v) is 5.14. The number of nitrogens with one attached hydrogen (secondary N) is 2. The summed E-state index contributed by atoms with van der Waals surface area (Å²) in [4.78, 5) is 27.2. The summed E-state index contributed by atoms with van der Waals surface area (Å²) in [6.45, 7) is 5.52. The van der Waals surface area contributed by atoms with Crippen molar-refractivity contribution >= 4 is 27.5 Å². The van der Waals surface area contributed by atoms with Crippen LogP contribution in [0.5, 0.6) is 0 Å². The first-order valence-electron chi connectivity index (χ1n) is 11.1. The molecule has 1 saturated heterocycles. The molecule has 0 saturated carbocycles. The third-order valence-electron chi connectivity index (χ3n) is 5.73. The Morgan fingerprint density at radius 2 is 1.78 bits per heavy atom. The molecule has 0 bridgehead atoms. The summed E-state index contributed by atoms with van der Waals surface area (Å²) in [7, 11) is -3.76. The fraction of sp³-hybridized carbons (Fsp3) is 0.417. The zero-order valence-electron chi connectivity index (χ0n) is 18.6. The van der Waals surface area contributed by atoms with E-state index in [4.69, 9.17) is 0 Å². The van der Waals surface area contributed by atoms with Crippen LogP contribution in [0.2, 0.25) is 0 Å². The topological polar surface area (TPSA) is 95.6 Å². The minimum absolute atomic E-state index is 0.0665. The second-order valence-corrected chi connectivity index (χ2v) is 9.81. The highest BCUT2D eigenvalue weighted by atomic mass is 32.2. The number of carbonyl (C=O) groups is 2. The van der Waals surface area contributed by atoms with Crippen molar-refractivity contribution in [2.45, 2.75) is 44.4 Å². The van der Waals surface area contributed by atoms with Gasteiger partial charge in [-0.2, -0.15) is 0 Å². The lowest BCUT2D eigenvalue weighted by molar-refractivity contribution is -0.126. The molecular weight excluding hydrogens is 426 g/mol. The molecule has 0 spiro atoms. The van der Waals surface area contributed by atoms with Crippen LogP contribution in [0, 0.1) is 12.8 Å². The quantitative estimate of drug-likeness (QED) is 0.593. The Bertz CT molecular complexity index is 1060. The van der Waals surface area contributed by atoms with Crippen molar-refractivity contribution in [2.75, 3.05) is 24.4 Å². The van der Waals surface area contributed by atoms with Crippen LogP contribution in [0.3, 0.4) is 0 Å². The fourth-order valence-electron chi connectivity index (χ4n) is 3.84. The van der Waals surface area contributed by atoms with E-state index in [1.807, 2.05) is 0 Å². The van der Waals surface area contributed by atoms with Gasteiger partial charge in [-0.3, -0.25) is 14.3 Å². The first kappa shape index (κ1) is 23.8. The van der Waals surface area contributed by atoms with E-state index in [1.54, 1.807) is 60.4 Å². The number of hydrogen-bond donors (Lipinski definition) is 2. The molecule has 0 unspecified atom stereocenters. The number of unbranched alkanes of at least 4 members (excludes halogenated alkanes) is 1. The molecule has 1 fully saturated rings. The molecule has 1 aliphatic heterocycles. The monoisotopic (exact) mass is 457 g/mol. The molecule has 2 aromatic carbocycles. The lowest BCUT2D eigenvalue weighted by Crippen LogP contribution is -2.43. The second-order valence-electron chi connectivity index (χ2n) is 8.16. The molecule has 1 heterocycles. The van der Waals surface area contributed by atoms with Crippen molar-refractivity contribution < 1.29 is 18.0 Å². The number of hydrogen-bond acceptors (Lipinski definition) is 4. The molecule has 0 atom stereocenters. The normalized spacial score (nSPS) is 14.8. The molecule has 3 rings (SSSR count).